The van der Waals surface area contributed by atoms with E-state index in [9.17, 15) is 21.6 Å². The van der Waals surface area contributed by atoms with Gasteiger partial charge in [0.2, 0.25) is 10.0 Å². The molecule has 0 fully saturated rings. The number of rotatable bonds is 7. The van der Waals surface area contributed by atoms with Gasteiger partial charge in [0.05, 0.1) is 19.0 Å². The molecule has 2 atom stereocenters. The highest BCUT2D eigenvalue weighted by atomic mass is 35.5. The summed E-state index contributed by atoms with van der Waals surface area (Å²) in [5.74, 6) is 0. The Morgan fingerprint density at radius 3 is 2.33 bits per heavy atom. The summed E-state index contributed by atoms with van der Waals surface area (Å²) in [5, 5.41) is 0. The summed E-state index contributed by atoms with van der Waals surface area (Å²) in [6.45, 7) is 0.613. The third kappa shape index (κ3) is 6.97. The first-order chi connectivity index (χ1) is 13.6. The van der Waals surface area contributed by atoms with E-state index in [0.29, 0.717) is 12.9 Å². The molecule has 4 nitrogen and oxygen atoms in total. The molecule has 0 amide bonds. The van der Waals surface area contributed by atoms with Crippen LogP contribution in [-0.2, 0) is 34.2 Å². The lowest BCUT2D eigenvalue weighted by atomic mass is 9.95. The fraction of sp³-hybridized carbons (Fsp3) is 0.429. The number of aryl methyl sites for hydroxylation is 1. The SMILES string of the molecule is CS(=O)(=O)N[C@@H](c1ccc(CCCC2Cc3ccccc3CO2)cc1)C(F)(F)F.Cl. The Morgan fingerprint density at radius 1 is 1.10 bits per heavy atom. The average Bonchev–Trinajstić information content (AvgIpc) is 2.65. The van der Waals surface area contributed by atoms with Gasteiger partial charge in [0.15, 0.2) is 0 Å². The van der Waals surface area contributed by atoms with E-state index < -0.39 is 22.2 Å². The van der Waals surface area contributed by atoms with Crippen LogP contribution in [0.4, 0.5) is 13.2 Å². The number of sulfonamides is 1. The molecule has 2 aromatic carbocycles. The lowest BCUT2D eigenvalue weighted by Gasteiger charge is -2.25. The van der Waals surface area contributed by atoms with Gasteiger partial charge in [-0.1, -0.05) is 48.5 Å². The maximum absolute atomic E-state index is 13.2. The van der Waals surface area contributed by atoms with Crippen molar-refractivity contribution in [2.45, 2.75) is 50.6 Å². The number of benzene rings is 2. The highest BCUT2D eigenvalue weighted by Gasteiger charge is 2.42. The van der Waals surface area contributed by atoms with Gasteiger partial charge in [0, 0.05) is 0 Å². The number of alkyl halides is 3. The van der Waals surface area contributed by atoms with E-state index in [1.165, 1.54) is 23.3 Å². The van der Waals surface area contributed by atoms with E-state index in [-0.39, 0.29) is 24.1 Å². The molecule has 0 spiro atoms. The molecule has 0 saturated carbocycles. The molecule has 0 radical (unpaired) electrons. The molecule has 0 bridgehead atoms. The van der Waals surface area contributed by atoms with Gasteiger partial charge in [0.1, 0.15) is 6.04 Å². The summed E-state index contributed by atoms with van der Waals surface area (Å²) < 4.78 is 69.7. The standard InChI is InChI=1S/C21H24F3NO3S.ClH/c1-29(26,27)25-20(21(22,23)24)16-11-9-15(10-12-16)5-4-8-19-13-17-6-2-3-7-18(17)14-28-19;/h2-3,6-7,9-12,19-20,25H,4-5,8,13-14H2,1H3;1H/t19?,20-;/m0./s1. The van der Waals surface area contributed by atoms with Gasteiger partial charge in [-0.05, 0) is 47.9 Å². The second-order valence-corrected chi connectivity index (χ2v) is 9.18. The zero-order valence-corrected chi connectivity index (χ0v) is 18.1. The molecular formula is C21H25ClF3NO3S. The molecule has 1 aliphatic heterocycles. The quantitative estimate of drug-likeness (QED) is 0.646. The van der Waals surface area contributed by atoms with Gasteiger partial charge in [-0.3, -0.25) is 0 Å². The minimum absolute atomic E-state index is 0. The van der Waals surface area contributed by atoms with Crippen molar-refractivity contribution in [3.05, 3.63) is 70.8 Å². The highest BCUT2D eigenvalue weighted by molar-refractivity contribution is 7.88. The Kier molecular flexibility index (Phi) is 8.33. The van der Waals surface area contributed by atoms with Crippen molar-refractivity contribution in [1.29, 1.82) is 0 Å². The summed E-state index contributed by atoms with van der Waals surface area (Å²) >= 11 is 0. The largest absolute Gasteiger partial charge is 0.408 e. The predicted octanol–water partition coefficient (Wildman–Crippen LogP) is 4.73. The molecule has 1 N–H and O–H groups in total. The second-order valence-electron chi connectivity index (χ2n) is 7.40. The van der Waals surface area contributed by atoms with E-state index >= 15 is 0 Å². The molecule has 1 unspecified atom stereocenters. The first kappa shape index (κ1) is 24.7. The van der Waals surface area contributed by atoms with E-state index in [1.807, 2.05) is 12.1 Å². The fourth-order valence-electron chi connectivity index (χ4n) is 3.54. The third-order valence-electron chi connectivity index (χ3n) is 5.00. The Hall–Kier alpha value is -1.61. The molecule has 166 valence electrons. The van der Waals surface area contributed by atoms with E-state index in [2.05, 4.69) is 12.1 Å². The van der Waals surface area contributed by atoms with Crippen LogP contribution in [0.5, 0.6) is 0 Å². The maximum Gasteiger partial charge on any atom is 0.408 e. The van der Waals surface area contributed by atoms with Gasteiger partial charge in [-0.2, -0.15) is 17.9 Å². The monoisotopic (exact) mass is 463 g/mol. The van der Waals surface area contributed by atoms with Gasteiger partial charge in [-0.25, -0.2) is 8.42 Å². The highest BCUT2D eigenvalue weighted by Crippen LogP contribution is 2.33. The first-order valence-electron chi connectivity index (χ1n) is 9.43. The number of hydrogen-bond acceptors (Lipinski definition) is 3. The fourth-order valence-corrected chi connectivity index (χ4v) is 4.24. The minimum atomic E-state index is -4.71. The van der Waals surface area contributed by atoms with Crippen molar-refractivity contribution in [1.82, 2.24) is 4.72 Å². The Balaban J connectivity index is 0.00000320. The van der Waals surface area contributed by atoms with Crippen LogP contribution in [-0.4, -0.2) is 27.0 Å². The van der Waals surface area contributed by atoms with Gasteiger partial charge in [-0.15, -0.1) is 12.4 Å². The first-order valence-corrected chi connectivity index (χ1v) is 11.3. The van der Waals surface area contributed by atoms with Crippen LogP contribution in [0.2, 0.25) is 0 Å². The number of fused-ring (bicyclic) bond motifs is 1. The van der Waals surface area contributed by atoms with Crippen LogP contribution in [0.3, 0.4) is 0 Å². The van der Waals surface area contributed by atoms with Crippen LogP contribution in [0.1, 0.15) is 41.1 Å². The molecule has 2 aromatic rings. The zero-order chi connectivity index (χ0) is 21.1. The predicted molar refractivity (Wildman–Crippen MR) is 112 cm³/mol. The number of nitrogens with one attached hydrogen (secondary N) is 1. The van der Waals surface area contributed by atoms with E-state index in [0.717, 1.165) is 31.2 Å². The Labute approximate surface area is 181 Å². The van der Waals surface area contributed by atoms with E-state index in [1.54, 1.807) is 16.9 Å². The molecule has 3 rings (SSSR count). The van der Waals surface area contributed by atoms with Crippen LogP contribution < -0.4 is 4.72 Å². The number of hydrogen-bond donors (Lipinski definition) is 1. The minimum Gasteiger partial charge on any atom is -0.373 e. The normalized spacial score (nSPS) is 17.7. The lowest BCUT2D eigenvalue weighted by Crippen LogP contribution is -2.37. The number of ether oxygens (including phenoxy) is 1. The molecule has 9 heteroatoms. The van der Waals surface area contributed by atoms with Crippen molar-refractivity contribution in [2.75, 3.05) is 6.26 Å². The summed E-state index contributed by atoms with van der Waals surface area (Å²) in [6, 6.07) is 11.9. The van der Waals surface area contributed by atoms with Crippen molar-refractivity contribution in [3.8, 4) is 0 Å². The van der Waals surface area contributed by atoms with Crippen molar-refractivity contribution in [3.63, 3.8) is 0 Å². The summed E-state index contributed by atoms with van der Waals surface area (Å²) in [7, 11) is -4.00. The van der Waals surface area contributed by atoms with Crippen molar-refractivity contribution in [2.24, 2.45) is 0 Å². The van der Waals surface area contributed by atoms with Gasteiger partial charge < -0.3 is 4.74 Å². The summed E-state index contributed by atoms with van der Waals surface area (Å²) in [5.41, 5.74) is 3.31. The summed E-state index contributed by atoms with van der Waals surface area (Å²) in [4.78, 5) is 0. The third-order valence-corrected chi connectivity index (χ3v) is 5.67. The second kappa shape index (κ2) is 10.1. The van der Waals surface area contributed by atoms with Crippen molar-refractivity contribution >= 4 is 22.4 Å². The smallest absolute Gasteiger partial charge is 0.373 e. The van der Waals surface area contributed by atoms with Crippen LogP contribution >= 0.6 is 12.4 Å². The zero-order valence-electron chi connectivity index (χ0n) is 16.5. The van der Waals surface area contributed by atoms with Crippen molar-refractivity contribution < 1.29 is 26.3 Å². The van der Waals surface area contributed by atoms with Gasteiger partial charge >= 0.3 is 6.18 Å². The molecular weight excluding hydrogens is 439 g/mol. The molecule has 0 aliphatic carbocycles. The molecule has 30 heavy (non-hydrogen) atoms. The topological polar surface area (TPSA) is 55.4 Å². The number of halogens is 4. The lowest BCUT2D eigenvalue weighted by molar-refractivity contribution is -0.153. The van der Waals surface area contributed by atoms with Crippen LogP contribution in [0, 0.1) is 0 Å². The van der Waals surface area contributed by atoms with Crippen LogP contribution in [0.15, 0.2) is 48.5 Å². The average molecular weight is 464 g/mol. The molecule has 0 aromatic heterocycles. The van der Waals surface area contributed by atoms with Crippen LogP contribution in [0.25, 0.3) is 0 Å². The van der Waals surface area contributed by atoms with E-state index in [4.69, 9.17) is 4.74 Å². The molecule has 1 aliphatic rings. The molecule has 0 saturated heterocycles. The Morgan fingerprint density at radius 2 is 1.73 bits per heavy atom. The molecule has 1 heterocycles. The Bertz CT molecular complexity index is 933. The maximum atomic E-state index is 13.2. The summed E-state index contributed by atoms with van der Waals surface area (Å²) in [6.07, 6.45) is -0.520. The van der Waals surface area contributed by atoms with Gasteiger partial charge in [0.25, 0.3) is 0 Å².